The standard InChI is InChI=1S/C20H19F3N4O3/c1-3-14-12-27(2)19(26-17(14)28)29-9-8-13-4-6-15(7-5-13)30-16-10-24-18(25-11-16)20(21,22)23/h4-7,10-12H,3,8-9H2,1-2H3. The second kappa shape index (κ2) is 8.93. The number of rotatable bonds is 7. The molecular formula is C20H19F3N4O3. The van der Waals surface area contributed by atoms with Crippen LogP contribution in [0.25, 0.3) is 0 Å². The summed E-state index contributed by atoms with van der Waals surface area (Å²) in [5.41, 5.74) is 1.28. The van der Waals surface area contributed by atoms with Crippen LogP contribution in [0.15, 0.2) is 47.7 Å². The number of halogens is 3. The van der Waals surface area contributed by atoms with E-state index in [4.69, 9.17) is 9.47 Å². The third-order valence-corrected chi connectivity index (χ3v) is 4.17. The third-order valence-electron chi connectivity index (χ3n) is 4.17. The van der Waals surface area contributed by atoms with Crippen LogP contribution in [-0.4, -0.2) is 26.1 Å². The zero-order valence-corrected chi connectivity index (χ0v) is 16.3. The number of alkyl halides is 3. The van der Waals surface area contributed by atoms with E-state index in [1.165, 1.54) is 0 Å². The summed E-state index contributed by atoms with van der Waals surface area (Å²) in [7, 11) is 1.76. The quantitative estimate of drug-likeness (QED) is 0.582. The number of hydrogen-bond donors (Lipinski definition) is 0. The Labute approximate surface area is 170 Å². The van der Waals surface area contributed by atoms with Crippen LogP contribution in [0.5, 0.6) is 17.5 Å². The molecule has 0 atom stereocenters. The second-order valence-electron chi connectivity index (χ2n) is 6.40. The van der Waals surface area contributed by atoms with Crippen LogP contribution in [0.4, 0.5) is 13.2 Å². The van der Waals surface area contributed by atoms with E-state index in [0.29, 0.717) is 30.8 Å². The maximum absolute atomic E-state index is 12.5. The minimum absolute atomic E-state index is 0.0987. The van der Waals surface area contributed by atoms with Gasteiger partial charge in [0.05, 0.1) is 19.0 Å². The van der Waals surface area contributed by atoms with Crippen LogP contribution in [0.1, 0.15) is 23.9 Å². The fourth-order valence-corrected chi connectivity index (χ4v) is 2.59. The normalized spacial score (nSPS) is 11.4. The lowest BCUT2D eigenvalue weighted by atomic mass is 10.1. The van der Waals surface area contributed by atoms with Crippen LogP contribution < -0.4 is 15.0 Å². The SMILES string of the molecule is CCc1cn(C)c(OCCc2ccc(Oc3cnc(C(F)(F)F)nc3)cc2)nc1=O. The molecule has 1 aromatic carbocycles. The van der Waals surface area contributed by atoms with E-state index in [2.05, 4.69) is 15.0 Å². The highest BCUT2D eigenvalue weighted by atomic mass is 19.4. The number of aryl methyl sites for hydroxylation is 2. The molecule has 30 heavy (non-hydrogen) atoms. The molecule has 0 radical (unpaired) electrons. The highest BCUT2D eigenvalue weighted by Gasteiger charge is 2.34. The number of aromatic nitrogens is 4. The molecule has 0 amide bonds. The van der Waals surface area contributed by atoms with Crippen molar-refractivity contribution in [2.24, 2.45) is 7.05 Å². The van der Waals surface area contributed by atoms with Crippen LogP contribution in [-0.2, 0) is 26.1 Å². The van der Waals surface area contributed by atoms with Gasteiger partial charge in [0.25, 0.3) is 11.6 Å². The number of hydrogen-bond acceptors (Lipinski definition) is 6. The van der Waals surface area contributed by atoms with Crippen molar-refractivity contribution in [3.05, 3.63) is 70.2 Å². The maximum atomic E-state index is 12.5. The van der Waals surface area contributed by atoms with Gasteiger partial charge in [-0.1, -0.05) is 19.1 Å². The van der Waals surface area contributed by atoms with Gasteiger partial charge in [0.15, 0.2) is 5.75 Å². The largest absolute Gasteiger partial charge is 0.464 e. The van der Waals surface area contributed by atoms with Gasteiger partial charge in [-0.2, -0.15) is 18.2 Å². The second-order valence-corrected chi connectivity index (χ2v) is 6.40. The summed E-state index contributed by atoms with van der Waals surface area (Å²) in [5, 5.41) is 0. The van der Waals surface area contributed by atoms with Gasteiger partial charge >= 0.3 is 6.18 Å². The first-order chi connectivity index (χ1) is 14.3. The molecule has 7 nitrogen and oxygen atoms in total. The first-order valence-electron chi connectivity index (χ1n) is 9.11. The fourth-order valence-electron chi connectivity index (χ4n) is 2.59. The molecule has 158 valence electrons. The average molecular weight is 420 g/mol. The van der Waals surface area contributed by atoms with Gasteiger partial charge in [-0.3, -0.25) is 4.79 Å². The predicted octanol–water partition coefficient (Wildman–Crippen LogP) is 3.57. The topological polar surface area (TPSA) is 79.1 Å². The monoisotopic (exact) mass is 420 g/mol. The summed E-state index contributed by atoms with van der Waals surface area (Å²) in [6, 6.07) is 7.21. The van der Waals surface area contributed by atoms with Crippen LogP contribution in [0.3, 0.4) is 0 Å². The Morgan fingerprint density at radius 1 is 1.07 bits per heavy atom. The van der Waals surface area contributed by atoms with E-state index in [1.807, 2.05) is 6.92 Å². The van der Waals surface area contributed by atoms with E-state index in [1.54, 1.807) is 42.1 Å². The van der Waals surface area contributed by atoms with Gasteiger partial charge in [0, 0.05) is 25.2 Å². The summed E-state index contributed by atoms with van der Waals surface area (Å²) in [6.07, 6.45) is 0.225. The molecule has 0 spiro atoms. The molecule has 2 aromatic heterocycles. The van der Waals surface area contributed by atoms with Crippen molar-refractivity contribution in [3.8, 4) is 17.5 Å². The molecule has 0 N–H and O–H groups in total. The molecule has 2 heterocycles. The van der Waals surface area contributed by atoms with Crippen molar-refractivity contribution in [2.45, 2.75) is 25.9 Å². The van der Waals surface area contributed by atoms with Crippen molar-refractivity contribution < 1.29 is 22.6 Å². The van der Waals surface area contributed by atoms with Crippen molar-refractivity contribution in [1.82, 2.24) is 19.5 Å². The lowest BCUT2D eigenvalue weighted by Gasteiger charge is -2.11. The zero-order chi connectivity index (χ0) is 21.7. The van der Waals surface area contributed by atoms with E-state index in [-0.39, 0.29) is 17.3 Å². The van der Waals surface area contributed by atoms with Gasteiger partial charge < -0.3 is 14.0 Å². The summed E-state index contributed by atoms with van der Waals surface area (Å²) >= 11 is 0. The maximum Gasteiger partial charge on any atom is 0.451 e. The Morgan fingerprint density at radius 2 is 1.73 bits per heavy atom. The summed E-state index contributed by atoms with van der Waals surface area (Å²) in [6.45, 7) is 2.20. The Hall–Kier alpha value is -3.43. The third kappa shape index (κ3) is 5.34. The van der Waals surface area contributed by atoms with E-state index >= 15 is 0 Å². The Morgan fingerprint density at radius 3 is 2.33 bits per heavy atom. The van der Waals surface area contributed by atoms with Gasteiger partial charge in [0.2, 0.25) is 5.82 Å². The summed E-state index contributed by atoms with van der Waals surface area (Å²) in [5.74, 6) is -0.689. The van der Waals surface area contributed by atoms with Gasteiger partial charge in [-0.05, 0) is 24.1 Å². The lowest BCUT2D eigenvalue weighted by Crippen LogP contribution is -2.19. The Bertz CT molecular complexity index is 1050. The first-order valence-corrected chi connectivity index (χ1v) is 9.11. The molecule has 0 aliphatic heterocycles. The fraction of sp³-hybridized carbons (Fsp3) is 0.300. The number of nitrogens with zero attached hydrogens (tertiary/aromatic N) is 4. The highest BCUT2D eigenvalue weighted by molar-refractivity contribution is 5.31. The van der Waals surface area contributed by atoms with Crippen molar-refractivity contribution >= 4 is 0 Å². The van der Waals surface area contributed by atoms with Crippen LogP contribution in [0, 0.1) is 0 Å². The molecular weight excluding hydrogens is 401 g/mol. The lowest BCUT2D eigenvalue weighted by molar-refractivity contribution is -0.145. The van der Waals surface area contributed by atoms with Gasteiger partial charge in [0.1, 0.15) is 5.75 Å². The van der Waals surface area contributed by atoms with Crippen molar-refractivity contribution in [3.63, 3.8) is 0 Å². The molecule has 0 aliphatic carbocycles. The molecule has 3 aromatic rings. The van der Waals surface area contributed by atoms with Crippen LogP contribution in [0.2, 0.25) is 0 Å². The predicted molar refractivity (Wildman–Crippen MR) is 102 cm³/mol. The molecule has 0 saturated carbocycles. The molecule has 0 bridgehead atoms. The van der Waals surface area contributed by atoms with Crippen molar-refractivity contribution in [2.75, 3.05) is 6.61 Å². The molecule has 0 fully saturated rings. The first kappa shape index (κ1) is 21.3. The molecule has 3 rings (SSSR count). The molecule has 0 unspecified atom stereocenters. The van der Waals surface area contributed by atoms with Gasteiger partial charge in [-0.25, -0.2) is 9.97 Å². The molecule has 10 heteroatoms. The number of benzene rings is 1. The van der Waals surface area contributed by atoms with E-state index in [0.717, 1.165) is 18.0 Å². The molecule has 0 saturated heterocycles. The minimum atomic E-state index is -4.60. The summed E-state index contributed by atoms with van der Waals surface area (Å²) in [4.78, 5) is 22.3. The van der Waals surface area contributed by atoms with Gasteiger partial charge in [-0.15, -0.1) is 0 Å². The average Bonchev–Trinajstić information content (AvgIpc) is 2.71. The number of ether oxygens (including phenoxy) is 2. The van der Waals surface area contributed by atoms with E-state index in [9.17, 15) is 18.0 Å². The Balaban J connectivity index is 1.55. The minimum Gasteiger partial charge on any atom is -0.464 e. The Kier molecular flexibility index (Phi) is 6.34. The summed E-state index contributed by atoms with van der Waals surface area (Å²) < 4.78 is 50.2. The smallest absolute Gasteiger partial charge is 0.451 e. The van der Waals surface area contributed by atoms with Crippen LogP contribution >= 0.6 is 0 Å². The van der Waals surface area contributed by atoms with E-state index < -0.39 is 12.0 Å². The molecule has 0 aliphatic rings. The zero-order valence-electron chi connectivity index (χ0n) is 16.3. The van der Waals surface area contributed by atoms with Crippen molar-refractivity contribution in [1.29, 1.82) is 0 Å². The highest BCUT2D eigenvalue weighted by Crippen LogP contribution is 2.27.